The molecule has 0 aliphatic heterocycles. The van der Waals surface area contributed by atoms with Crippen molar-refractivity contribution in [3.63, 3.8) is 0 Å². The van der Waals surface area contributed by atoms with E-state index in [1.807, 2.05) is 20.8 Å². The highest BCUT2D eigenvalue weighted by atomic mass is 35.5. The number of aromatic nitrogens is 1. The Hall–Kier alpha value is -1.36. The number of carbonyl (C=O) groups is 1. The highest BCUT2D eigenvalue weighted by Crippen LogP contribution is 2.34. The first kappa shape index (κ1) is 19.0. The molecular formula is C17H15Cl3FNO2. The smallest absolute Gasteiger partial charge is 0.166 e. The Morgan fingerprint density at radius 2 is 1.83 bits per heavy atom. The molecule has 3 nitrogen and oxygen atoms in total. The van der Waals surface area contributed by atoms with Crippen LogP contribution in [0.2, 0.25) is 15.2 Å². The molecule has 0 radical (unpaired) electrons. The number of carbonyl (C=O) groups excluding carboxylic acids is 1. The summed E-state index contributed by atoms with van der Waals surface area (Å²) in [7, 11) is 0. The summed E-state index contributed by atoms with van der Waals surface area (Å²) in [4.78, 5) is 16.0. The van der Waals surface area contributed by atoms with Crippen molar-refractivity contribution in [3.05, 3.63) is 51.0 Å². The van der Waals surface area contributed by atoms with Gasteiger partial charge in [-0.3, -0.25) is 4.79 Å². The number of ketones is 1. The number of nitrogens with zero attached hydrogens (tertiary/aromatic N) is 1. The second-order valence-electron chi connectivity index (χ2n) is 6.47. The molecule has 0 unspecified atom stereocenters. The van der Waals surface area contributed by atoms with Gasteiger partial charge in [0, 0.05) is 18.6 Å². The summed E-state index contributed by atoms with van der Waals surface area (Å²) in [5.74, 6) is -0.706. The second kappa shape index (κ2) is 7.26. The third kappa shape index (κ3) is 4.82. The van der Waals surface area contributed by atoms with Gasteiger partial charge >= 0.3 is 0 Å². The van der Waals surface area contributed by atoms with Crippen molar-refractivity contribution >= 4 is 40.6 Å². The number of benzene rings is 1. The van der Waals surface area contributed by atoms with E-state index >= 15 is 0 Å². The first-order valence-corrected chi connectivity index (χ1v) is 8.21. The zero-order valence-corrected chi connectivity index (χ0v) is 15.6. The predicted octanol–water partition coefficient (Wildman–Crippen LogP) is 6.59. The average Bonchev–Trinajstić information content (AvgIpc) is 2.44. The van der Waals surface area contributed by atoms with Gasteiger partial charge in [0.25, 0.3) is 0 Å². The number of rotatable bonds is 4. The molecule has 7 heteroatoms. The van der Waals surface area contributed by atoms with Crippen LogP contribution >= 0.6 is 34.8 Å². The van der Waals surface area contributed by atoms with Crippen molar-refractivity contribution in [1.82, 2.24) is 4.98 Å². The summed E-state index contributed by atoms with van der Waals surface area (Å²) >= 11 is 17.7. The summed E-state index contributed by atoms with van der Waals surface area (Å²) < 4.78 is 19.8. The zero-order chi connectivity index (χ0) is 18.1. The van der Waals surface area contributed by atoms with Crippen molar-refractivity contribution in [2.24, 2.45) is 5.41 Å². The quantitative estimate of drug-likeness (QED) is 0.436. The number of hydrogen-bond donors (Lipinski definition) is 0. The fourth-order valence-corrected chi connectivity index (χ4v) is 2.45. The standard InChI is InChI=1S/C17H15Cl3FNO2/c1-17(2,3)7-14(23)10-5-11(18)15(6-13(10)21)24-9-4-12(19)16(20)22-8-9/h4-6,8H,7H2,1-3H3. The Morgan fingerprint density at radius 1 is 1.17 bits per heavy atom. The van der Waals surface area contributed by atoms with Crippen LogP contribution in [0.1, 0.15) is 37.6 Å². The van der Waals surface area contributed by atoms with Crippen LogP contribution in [0.3, 0.4) is 0 Å². The molecule has 0 bridgehead atoms. The molecule has 0 amide bonds. The lowest BCUT2D eigenvalue weighted by molar-refractivity contribution is 0.0936. The van der Waals surface area contributed by atoms with Gasteiger partial charge in [0.2, 0.25) is 0 Å². The Morgan fingerprint density at radius 3 is 2.42 bits per heavy atom. The van der Waals surface area contributed by atoms with Crippen LogP contribution in [0.15, 0.2) is 24.4 Å². The maximum absolute atomic E-state index is 14.3. The molecule has 0 fully saturated rings. The predicted molar refractivity (Wildman–Crippen MR) is 94.1 cm³/mol. The molecule has 2 rings (SSSR count). The van der Waals surface area contributed by atoms with Gasteiger partial charge in [0.1, 0.15) is 22.5 Å². The number of halogens is 4. The van der Waals surface area contributed by atoms with Gasteiger partial charge in [0.05, 0.1) is 21.8 Å². The van der Waals surface area contributed by atoms with E-state index in [1.54, 1.807) is 0 Å². The molecule has 24 heavy (non-hydrogen) atoms. The van der Waals surface area contributed by atoms with Crippen molar-refractivity contribution in [2.75, 3.05) is 0 Å². The molecule has 0 aliphatic carbocycles. The number of Topliss-reactive ketones (excluding diaryl/α,β-unsaturated/α-hetero) is 1. The van der Waals surface area contributed by atoms with Crippen LogP contribution in [0.5, 0.6) is 11.5 Å². The summed E-state index contributed by atoms with van der Waals surface area (Å²) in [6.07, 6.45) is 1.54. The van der Waals surface area contributed by atoms with Crippen molar-refractivity contribution in [2.45, 2.75) is 27.2 Å². The SMILES string of the molecule is CC(C)(C)CC(=O)c1cc(Cl)c(Oc2cnc(Cl)c(Cl)c2)cc1F. The van der Waals surface area contributed by atoms with Gasteiger partial charge in [-0.15, -0.1) is 0 Å². The first-order valence-electron chi connectivity index (χ1n) is 7.08. The molecule has 0 N–H and O–H groups in total. The van der Waals surface area contributed by atoms with E-state index in [9.17, 15) is 9.18 Å². The maximum atomic E-state index is 14.3. The lowest BCUT2D eigenvalue weighted by atomic mass is 9.88. The highest BCUT2D eigenvalue weighted by molar-refractivity contribution is 6.41. The van der Waals surface area contributed by atoms with Crippen LogP contribution in [-0.4, -0.2) is 10.8 Å². The minimum atomic E-state index is -0.698. The topological polar surface area (TPSA) is 39.2 Å². The van der Waals surface area contributed by atoms with Gasteiger partial charge < -0.3 is 4.74 Å². The highest BCUT2D eigenvalue weighted by Gasteiger charge is 2.22. The van der Waals surface area contributed by atoms with Crippen LogP contribution < -0.4 is 4.74 Å². The minimum absolute atomic E-state index is 0.0571. The largest absolute Gasteiger partial charge is 0.454 e. The van der Waals surface area contributed by atoms with Crippen LogP contribution in [0.4, 0.5) is 4.39 Å². The zero-order valence-electron chi connectivity index (χ0n) is 13.3. The first-order chi connectivity index (χ1) is 11.1. The summed E-state index contributed by atoms with van der Waals surface area (Å²) in [6, 6.07) is 3.77. The van der Waals surface area contributed by atoms with Gasteiger partial charge in [-0.2, -0.15) is 0 Å². The molecule has 0 saturated heterocycles. The molecule has 1 aromatic heterocycles. The summed E-state index contributed by atoms with van der Waals surface area (Å²) in [5.41, 5.74) is -0.314. The monoisotopic (exact) mass is 389 g/mol. The molecular weight excluding hydrogens is 376 g/mol. The lowest BCUT2D eigenvalue weighted by Crippen LogP contribution is -2.14. The fourth-order valence-electron chi connectivity index (χ4n) is 1.98. The van der Waals surface area contributed by atoms with Gasteiger partial charge in [0.15, 0.2) is 5.78 Å². The summed E-state index contributed by atoms with van der Waals surface area (Å²) in [6.45, 7) is 5.71. The third-order valence-corrected chi connectivity index (χ3v) is 3.99. The molecule has 128 valence electrons. The Kier molecular flexibility index (Phi) is 5.74. The Labute approximate surface area is 154 Å². The third-order valence-electron chi connectivity index (χ3n) is 3.01. The van der Waals surface area contributed by atoms with Crippen molar-refractivity contribution < 1.29 is 13.9 Å². The van der Waals surface area contributed by atoms with Crippen LogP contribution in [0.25, 0.3) is 0 Å². The second-order valence-corrected chi connectivity index (χ2v) is 7.64. The lowest BCUT2D eigenvalue weighted by Gasteiger charge is -2.17. The molecule has 1 aromatic carbocycles. The Balaban J connectivity index is 2.29. The number of hydrogen-bond acceptors (Lipinski definition) is 3. The fraction of sp³-hybridized carbons (Fsp3) is 0.294. The van der Waals surface area contributed by atoms with E-state index in [1.165, 1.54) is 18.3 Å². The molecule has 0 saturated carbocycles. The van der Waals surface area contributed by atoms with Crippen LogP contribution in [0, 0.1) is 11.2 Å². The van der Waals surface area contributed by atoms with E-state index in [-0.39, 0.29) is 49.9 Å². The number of ether oxygens (including phenoxy) is 1. The van der Waals surface area contributed by atoms with Crippen LogP contribution in [-0.2, 0) is 0 Å². The molecule has 1 heterocycles. The van der Waals surface area contributed by atoms with E-state index in [2.05, 4.69) is 4.98 Å². The normalized spacial score (nSPS) is 11.5. The maximum Gasteiger partial charge on any atom is 0.166 e. The van der Waals surface area contributed by atoms with E-state index < -0.39 is 5.82 Å². The van der Waals surface area contributed by atoms with Gasteiger partial charge in [-0.05, 0) is 11.5 Å². The van der Waals surface area contributed by atoms with Crippen molar-refractivity contribution in [3.8, 4) is 11.5 Å². The van der Waals surface area contributed by atoms with E-state index in [0.29, 0.717) is 0 Å². The molecule has 2 aromatic rings. The van der Waals surface area contributed by atoms with Crippen molar-refractivity contribution in [1.29, 1.82) is 0 Å². The van der Waals surface area contributed by atoms with Gasteiger partial charge in [-0.25, -0.2) is 9.37 Å². The Bertz CT molecular complexity index is 788. The number of pyridine rings is 1. The molecule has 0 spiro atoms. The summed E-state index contributed by atoms with van der Waals surface area (Å²) in [5, 5.41) is 0.437. The van der Waals surface area contributed by atoms with E-state index in [0.717, 1.165) is 6.07 Å². The van der Waals surface area contributed by atoms with Gasteiger partial charge in [-0.1, -0.05) is 55.6 Å². The minimum Gasteiger partial charge on any atom is -0.454 e. The average molecular weight is 391 g/mol. The van der Waals surface area contributed by atoms with E-state index in [4.69, 9.17) is 39.5 Å². The molecule has 0 atom stereocenters. The molecule has 0 aliphatic rings.